The van der Waals surface area contributed by atoms with Crippen LogP contribution in [-0.4, -0.2) is 45.9 Å². The first-order valence-electron chi connectivity index (χ1n) is 9.82. The summed E-state index contributed by atoms with van der Waals surface area (Å²) in [7, 11) is 1.96. The Kier molecular flexibility index (Phi) is 5.68. The molecule has 1 aromatic heterocycles. The second-order valence-electron chi connectivity index (χ2n) is 7.53. The summed E-state index contributed by atoms with van der Waals surface area (Å²) in [6.45, 7) is 10.1. The Morgan fingerprint density at radius 2 is 2.13 bits per heavy atom. The predicted octanol–water partition coefficient (Wildman–Crippen LogP) is 4.85. The molecule has 2 aromatic rings. The van der Waals surface area contributed by atoms with E-state index in [0.717, 1.165) is 60.1 Å². The first kappa shape index (κ1) is 20.3. The fraction of sp³-hybridized carbons (Fsp3) is 0.261. The second-order valence-corrected chi connectivity index (χ2v) is 7.93. The van der Waals surface area contributed by atoms with Crippen molar-refractivity contribution in [2.24, 2.45) is 10.9 Å². The van der Waals surface area contributed by atoms with Crippen molar-refractivity contribution in [1.29, 1.82) is 0 Å². The molecule has 0 saturated carbocycles. The smallest absolute Gasteiger partial charge is 0.206 e. The van der Waals surface area contributed by atoms with Gasteiger partial charge in [0.2, 0.25) is 5.96 Å². The van der Waals surface area contributed by atoms with Gasteiger partial charge in [-0.05, 0) is 48.3 Å². The third kappa shape index (κ3) is 4.00. The second kappa shape index (κ2) is 8.40. The Labute approximate surface area is 180 Å². The molecule has 0 bridgehead atoms. The summed E-state index contributed by atoms with van der Waals surface area (Å²) >= 11 is 5.98. The third-order valence-electron chi connectivity index (χ3n) is 5.59. The number of benzene rings is 1. The average Bonchev–Trinajstić information content (AvgIpc) is 2.77. The zero-order valence-corrected chi connectivity index (χ0v) is 17.6. The molecule has 0 N–H and O–H groups in total. The molecule has 1 atom stereocenters. The molecule has 1 fully saturated rings. The Hall–Kier alpha value is -2.99. The lowest BCUT2D eigenvalue weighted by molar-refractivity contribution is 0.275. The summed E-state index contributed by atoms with van der Waals surface area (Å²) in [5.74, 6) is 0.642. The highest BCUT2D eigenvalue weighted by Gasteiger charge is 2.29. The Balaban J connectivity index is 1.58. The molecule has 2 aliphatic rings. The maximum absolute atomic E-state index is 13.6. The topological polar surface area (TPSA) is 44.6 Å². The van der Waals surface area contributed by atoms with E-state index in [1.165, 1.54) is 12.4 Å². The first-order chi connectivity index (χ1) is 14.4. The van der Waals surface area contributed by atoms with Crippen molar-refractivity contribution >= 4 is 28.8 Å². The largest absolute Gasteiger partial charge is 0.342 e. The monoisotopic (exact) mass is 423 g/mol. The first-order valence-corrected chi connectivity index (χ1v) is 10.2. The fourth-order valence-electron chi connectivity index (χ4n) is 3.83. The Bertz CT molecular complexity index is 1050. The number of hydrogen-bond acceptors (Lipinski definition) is 5. The molecule has 2 aliphatic heterocycles. The highest BCUT2D eigenvalue weighted by Crippen LogP contribution is 2.33. The molecule has 3 heterocycles. The van der Waals surface area contributed by atoms with Gasteiger partial charge in [-0.3, -0.25) is 0 Å². The summed E-state index contributed by atoms with van der Waals surface area (Å²) < 4.78 is 13.6. The van der Waals surface area contributed by atoms with Crippen molar-refractivity contribution in [1.82, 2.24) is 19.8 Å². The van der Waals surface area contributed by atoms with Gasteiger partial charge in [-0.15, -0.1) is 0 Å². The molecule has 1 aromatic carbocycles. The maximum Gasteiger partial charge on any atom is 0.206 e. The van der Waals surface area contributed by atoms with Crippen molar-refractivity contribution in [3.05, 3.63) is 83.8 Å². The van der Waals surface area contributed by atoms with Crippen LogP contribution in [0.2, 0.25) is 5.02 Å². The Morgan fingerprint density at radius 3 is 2.87 bits per heavy atom. The molecule has 1 unspecified atom stereocenters. The van der Waals surface area contributed by atoms with Gasteiger partial charge in [0, 0.05) is 37.9 Å². The zero-order valence-electron chi connectivity index (χ0n) is 16.9. The van der Waals surface area contributed by atoms with E-state index in [0.29, 0.717) is 0 Å². The van der Waals surface area contributed by atoms with E-state index in [9.17, 15) is 4.39 Å². The highest BCUT2D eigenvalue weighted by atomic mass is 35.5. The van der Waals surface area contributed by atoms with E-state index in [-0.39, 0.29) is 10.9 Å². The number of aliphatic imine (C=N–C) groups is 1. The van der Waals surface area contributed by atoms with Crippen molar-refractivity contribution < 1.29 is 4.39 Å². The van der Waals surface area contributed by atoms with Gasteiger partial charge < -0.3 is 9.80 Å². The van der Waals surface area contributed by atoms with E-state index in [2.05, 4.69) is 28.0 Å². The van der Waals surface area contributed by atoms with Crippen molar-refractivity contribution in [2.75, 3.05) is 20.1 Å². The van der Waals surface area contributed by atoms with Crippen LogP contribution in [0.1, 0.15) is 24.1 Å². The number of likely N-dealkylation sites (N-methyl/N-ethyl adjacent to an activating group) is 1. The summed E-state index contributed by atoms with van der Waals surface area (Å²) in [4.78, 5) is 17.4. The van der Waals surface area contributed by atoms with Crippen LogP contribution >= 0.6 is 11.6 Å². The lowest BCUT2D eigenvalue weighted by Gasteiger charge is -2.40. The molecule has 4 rings (SSSR count). The molecule has 1 saturated heterocycles. The molecule has 0 amide bonds. The van der Waals surface area contributed by atoms with Crippen LogP contribution in [-0.2, 0) is 0 Å². The number of allylic oxidation sites excluding steroid dienone is 1. The van der Waals surface area contributed by atoms with Gasteiger partial charge in [-0.2, -0.15) is 0 Å². The van der Waals surface area contributed by atoms with Crippen LogP contribution in [0.5, 0.6) is 0 Å². The van der Waals surface area contributed by atoms with Gasteiger partial charge in [0.25, 0.3) is 0 Å². The number of nitrogens with zero attached hydrogens (tertiary/aromatic N) is 5. The molecule has 7 heteroatoms. The Morgan fingerprint density at radius 1 is 1.30 bits per heavy atom. The lowest BCUT2D eigenvalue weighted by atomic mass is 9.87. The minimum absolute atomic E-state index is 0.119. The number of likely N-dealkylation sites (tertiary alicyclic amines) is 1. The van der Waals surface area contributed by atoms with Gasteiger partial charge in [0.05, 0.1) is 16.4 Å². The minimum Gasteiger partial charge on any atom is -0.342 e. The quantitative estimate of drug-likeness (QED) is 0.707. The fourth-order valence-corrected chi connectivity index (χ4v) is 4.01. The van der Waals surface area contributed by atoms with Gasteiger partial charge >= 0.3 is 0 Å². The number of rotatable bonds is 3. The van der Waals surface area contributed by atoms with Crippen molar-refractivity contribution in [3.63, 3.8) is 0 Å². The standard InChI is InChI=1S/C23H23ClFN5/c1-15-11-22(21-8-9-26-14-27-21)28-23(29(15)3)30-10-4-5-18(13-30)16(2)17-6-7-20(25)19(24)12-17/h6-9,11-12,14,18H,1-2,4-5,10,13H2,3H3. The molecule has 5 nitrogen and oxygen atoms in total. The molecule has 0 spiro atoms. The van der Waals surface area contributed by atoms with Crippen LogP contribution < -0.4 is 0 Å². The summed E-state index contributed by atoms with van der Waals surface area (Å²) in [5.41, 5.74) is 4.21. The third-order valence-corrected chi connectivity index (χ3v) is 5.88. The van der Waals surface area contributed by atoms with Gasteiger partial charge in [0.15, 0.2) is 0 Å². The minimum atomic E-state index is -0.417. The molecule has 30 heavy (non-hydrogen) atoms. The van der Waals surface area contributed by atoms with E-state index < -0.39 is 5.82 Å². The molecular formula is C23H23ClFN5. The van der Waals surface area contributed by atoms with Gasteiger partial charge in [-0.1, -0.05) is 30.8 Å². The summed E-state index contributed by atoms with van der Waals surface area (Å²) in [6, 6.07) is 6.63. The molecular weight excluding hydrogens is 401 g/mol. The van der Waals surface area contributed by atoms with Crippen LogP contribution in [0.3, 0.4) is 0 Å². The molecule has 0 radical (unpaired) electrons. The van der Waals surface area contributed by atoms with E-state index in [4.69, 9.17) is 16.6 Å². The van der Waals surface area contributed by atoms with Crippen molar-refractivity contribution in [2.45, 2.75) is 12.8 Å². The number of piperidine rings is 1. The van der Waals surface area contributed by atoms with Crippen LogP contribution in [0.25, 0.3) is 11.3 Å². The van der Waals surface area contributed by atoms with Gasteiger partial charge in [-0.25, -0.2) is 19.4 Å². The van der Waals surface area contributed by atoms with E-state index in [1.54, 1.807) is 18.3 Å². The maximum atomic E-state index is 13.6. The number of halogens is 2. The van der Waals surface area contributed by atoms with Crippen LogP contribution in [0.4, 0.5) is 4.39 Å². The molecule has 0 aliphatic carbocycles. The lowest BCUT2D eigenvalue weighted by Crippen LogP contribution is -2.47. The predicted molar refractivity (Wildman–Crippen MR) is 119 cm³/mol. The van der Waals surface area contributed by atoms with Crippen LogP contribution in [0.15, 0.2) is 66.7 Å². The average molecular weight is 424 g/mol. The zero-order chi connectivity index (χ0) is 21.3. The summed E-state index contributed by atoms with van der Waals surface area (Å²) in [5, 5.41) is 0.119. The normalized spacial score (nSPS) is 19.4. The number of hydrogen-bond donors (Lipinski definition) is 0. The van der Waals surface area contributed by atoms with Gasteiger partial charge in [0.1, 0.15) is 12.1 Å². The number of aromatic nitrogens is 2. The van der Waals surface area contributed by atoms with E-state index in [1.807, 2.05) is 24.1 Å². The number of guanidine groups is 1. The highest BCUT2D eigenvalue weighted by molar-refractivity contribution is 6.30. The molecule has 154 valence electrons. The van der Waals surface area contributed by atoms with Crippen LogP contribution in [0, 0.1) is 11.7 Å². The van der Waals surface area contributed by atoms with E-state index >= 15 is 0 Å². The SMILES string of the molecule is C=C(c1ccc(F)c(Cl)c1)C1CCCN(C2=NC(c3ccncn3)=CC(=C)N2C)C1. The summed E-state index contributed by atoms with van der Waals surface area (Å²) in [6.07, 6.45) is 7.16. The van der Waals surface area contributed by atoms with Crippen molar-refractivity contribution in [3.8, 4) is 0 Å².